The molecule has 0 saturated carbocycles. The lowest BCUT2D eigenvalue weighted by Crippen LogP contribution is -2.23. The molecule has 6 heteroatoms. The lowest BCUT2D eigenvalue weighted by atomic mass is 10.3. The molecule has 1 heterocycles. The fourth-order valence-electron chi connectivity index (χ4n) is 1.06. The van der Waals surface area contributed by atoms with Crippen LogP contribution >= 0.6 is 0 Å². The van der Waals surface area contributed by atoms with Crippen molar-refractivity contribution in [2.45, 2.75) is 6.54 Å². The van der Waals surface area contributed by atoms with Gasteiger partial charge in [0.15, 0.2) is 5.82 Å². The van der Waals surface area contributed by atoms with Gasteiger partial charge in [0.2, 0.25) is 0 Å². The van der Waals surface area contributed by atoms with Crippen molar-refractivity contribution >= 4 is 0 Å². The summed E-state index contributed by atoms with van der Waals surface area (Å²) < 4.78 is 0. The summed E-state index contributed by atoms with van der Waals surface area (Å²) in [7, 11) is 1.68. The molecule has 0 radical (unpaired) electrons. The highest BCUT2D eigenvalue weighted by molar-refractivity contribution is 5.09. The maximum atomic E-state index is 10.2. The Morgan fingerprint density at radius 3 is 3.07 bits per heavy atom. The van der Waals surface area contributed by atoms with E-state index in [1.54, 1.807) is 30.4 Å². The highest BCUT2D eigenvalue weighted by Crippen LogP contribution is 2.03. The Morgan fingerprint density at radius 2 is 2.53 bits per heavy atom. The lowest BCUT2D eigenvalue weighted by Gasteiger charge is -2.16. The molecule has 0 bridgehead atoms. The van der Waals surface area contributed by atoms with Crippen molar-refractivity contribution in [1.29, 1.82) is 0 Å². The number of aromatic nitrogens is 1. The minimum absolute atomic E-state index is 0.115. The molecule has 1 aromatic rings. The van der Waals surface area contributed by atoms with E-state index in [-0.39, 0.29) is 5.82 Å². The van der Waals surface area contributed by atoms with Crippen molar-refractivity contribution in [3.05, 3.63) is 52.2 Å². The van der Waals surface area contributed by atoms with Gasteiger partial charge in [-0.2, -0.15) is 0 Å². The third-order valence-corrected chi connectivity index (χ3v) is 1.82. The number of nitrogens with two attached hydrogens (primary N) is 1. The van der Waals surface area contributed by atoms with E-state index >= 15 is 0 Å². The van der Waals surface area contributed by atoms with Gasteiger partial charge >= 0.3 is 0 Å². The number of hydrogen-bond acceptors (Lipinski definition) is 5. The molecular weight excluding hydrogens is 196 g/mol. The Kier molecular flexibility index (Phi) is 3.61. The number of nitro groups is 1. The molecule has 15 heavy (non-hydrogen) atoms. The van der Waals surface area contributed by atoms with E-state index in [4.69, 9.17) is 5.73 Å². The van der Waals surface area contributed by atoms with Crippen molar-refractivity contribution in [3.63, 3.8) is 0 Å². The van der Waals surface area contributed by atoms with Crippen LogP contribution < -0.4 is 5.73 Å². The molecule has 0 aliphatic carbocycles. The normalized spacial score (nSPS) is 11.1. The molecule has 0 aliphatic rings. The summed E-state index contributed by atoms with van der Waals surface area (Å²) in [5.41, 5.74) is 6.44. The quantitative estimate of drug-likeness (QED) is 0.576. The average Bonchev–Trinajstić information content (AvgIpc) is 2.18. The maximum absolute atomic E-state index is 10.2. The third-order valence-electron chi connectivity index (χ3n) is 1.82. The second kappa shape index (κ2) is 4.94. The Labute approximate surface area is 87.2 Å². The predicted molar refractivity (Wildman–Crippen MR) is 55.0 cm³/mol. The summed E-state index contributed by atoms with van der Waals surface area (Å²) in [6.07, 6.45) is 4.13. The first-order valence-electron chi connectivity index (χ1n) is 4.30. The number of rotatable bonds is 4. The van der Waals surface area contributed by atoms with E-state index < -0.39 is 4.92 Å². The standard InChI is InChI=1S/C9H12N4O2/c1-12(9(10)7-13(14)15)6-8-3-2-4-11-5-8/h2-5,7H,6,10H2,1H3/b9-7+. The minimum Gasteiger partial charge on any atom is -0.380 e. The maximum Gasteiger partial charge on any atom is 0.274 e. The highest BCUT2D eigenvalue weighted by atomic mass is 16.6. The predicted octanol–water partition coefficient (Wildman–Crippen LogP) is 0.548. The van der Waals surface area contributed by atoms with Crippen LogP contribution in [0.3, 0.4) is 0 Å². The van der Waals surface area contributed by atoms with Gasteiger partial charge in [0, 0.05) is 26.0 Å². The van der Waals surface area contributed by atoms with Crippen molar-refractivity contribution in [2.24, 2.45) is 5.73 Å². The van der Waals surface area contributed by atoms with Gasteiger partial charge in [-0.3, -0.25) is 15.1 Å². The first-order chi connectivity index (χ1) is 7.09. The van der Waals surface area contributed by atoms with E-state index in [9.17, 15) is 10.1 Å². The van der Waals surface area contributed by atoms with Crippen LogP contribution in [-0.2, 0) is 6.54 Å². The van der Waals surface area contributed by atoms with Gasteiger partial charge in [-0.1, -0.05) is 6.07 Å². The van der Waals surface area contributed by atoms with E-state index in [0.717, 1.165) is 11.8 Å². The van der Waals surface area contributed by atoms with Crippen molar-refractivity contribution in [1.82, 2.24) is 9.88 Å². The molecule has 0 amide bonds. The molecule has 6 nitrogen and oxygen atoms in total. The first-order valence-corrected chi connectivity index (χ1v) is 4.30. The van der Waals surface area contributed by atoms with Gasteiger partial charge in [-0.15, -0.1) is 0 Å². The van der Waals surface area contributed by atoms with Crippen LogP contribution in [0.4, 0.5) is 0 Å². The zero-order chi connectivity index (χ0) is 11.3. The molecule has 1 aromatic heterocycles. The monoisotopic (exact) mass is 208 g/mol. The number of pyridine rings is 1. The Bertz CT molecular complexity index is 364. The van der Waals surface area contributed by atoms with Gasteiger partial charge in [0.05, 0.1) is 4.92 Å². The molecular formula is C9H12N4O2. The fourth-order valence-corrected chi connectivity index (χ4v) is 1.06. The zero-order valence-electron chi connectivity index (χ0n) is 8.33. The summed E-state index contributed by atoms with van der Waals surface area (Å²) in [5, 5.41) is 10.2. The first kappa shape index (κ1) is 11.0. The molecule has 0 aliphatic heterocycles. The Morgan fingerprint density at radius 1 is 1.80 bits per heavy atom. The van der Waals surface area contributed by atoms with Gasteiger partial charge in [-0.05, 0) is 11.6 Å². The molecule has 0 fully saturated rings. The van der Waals surface area contributed by atoms with E-state index in [2.05, 4.69) is 4.98 Å². The van der Waals surface area contributed by atoms with E-state index in [0.29, 0.717) is 6.54 Å². The van der Waals surface area contributed by atoms with Gasteiger partial charge in [0.25, 0.3) is 6.20 Å². The van der Waals surface area contributed by atoms with Crippen LogP contribution in [0.1, 0.15) is 5.56 Å². The largest absolute Gasteiger partial charge is 0.380 e. The molecule has 0 atom stereocenters. The van der Waals surface area contributed by atoms with Crippen LogP contribution in [-0.4, -0.2) is 21.9 Å². The Balaban J connectivity index is 2.64. The van der Waals surface area contributed by atoms with E-state index in [1.165, 1.54) is 0 Å². The molecule has 0 aromatic carbocycles. The van der Waals surface area contributed by atoms with Crippen LogP contribution in [0.25, 0.3) is 0 Å². The third kappa shape index (κ3) is 3.63. The summed E-state index contributed by atoms with van der Waals surface area (Å²) in [6.45, 7) is 0.490. The summed E-state index contributed by atoms with van der Waals surface area (Å²) in [4.78, 5) is 15.1. The summed E-state index contributed by atoms with van der Waals surface area (Å²) in [5.74, 6) is 0.115. The SMILES string of the molecule is CN(Cc1cccnc1)/C(N)=C/[N+](=O)[O-]. The summed E-state index contributed by atoms with van der Waals surface area (Å²) >= 11 is 0. The van der Waals surface area contributed by atoms with Crippen molar-refractivity contribution in [2.75, 3.05) is 7.05 Å². The Hall–Kier alpha value is -2.11. The fraction of sp³-hybridized carbons (Fsp3) is 0.222. The van der Waals surface area contributed by atoms with Crippen LogP contribution in [0.2, 0.25) is 0 Å². The molecule has 0 unspecified atom stereocenters. The molecule has 80 valence electrons. The van der Waals surface area contributed by atoms with E-state index in [1.807, 2.05) is 6.07 Å². The minimum atomic E-state index is -0.574. The average molecular weight is 208 g/mol. The molecule has 1 rings (SSSR count). The van der Waals surface area contributed by atoms with Gasteiger partial charge in [-0.25, -0.2) is 0 Å². The van der Waals surface area contributed by atoms with Gasteiger partial charge in [0.1, 0.15) is 0 Å². The smallest absolute Gasteiger partial charge is 0.274 e. The molecule has 2 N–H and O–H groups in total. The second-order valence-corrected chi connectivity index (χ2v) is 3.06. The number of hydrogen-bond donors (Lipinski definition) is 1. The van der Waals surface area contributed by atoms with Crippen LogP contribution in [0.15, 0.2) is 36.5 Å². The van der Waals surface area contributed by atoms with Crippen molar-refractivity contribution in [3.8, 4) is 0 Å². The van der Waals surface area contributed by atoms with Crippen molar-refractivity contribution < 1.29 is 4.92 Å². The molecule has 0 spiro atoms. The summed E-state index contributed by atoms with van der Waals surface area (Å²) in [6, 6.07) is 3.68. The lowest BCUT2D eigenvalue weighted by molar-refractivity contribution is -0.404. The number of nitrogens with zero attached hydrogens (tertiary/aromatic N) is 3. The molecule has 0 saturated heterocycles. The second-order valence-electron chi connectivity index (χ2n) is 3.06. The highest BCUT2D eigenvalue weighted by Gasteiger charge is 2.05. The van der Waals surface area contributed by atoms with Crippen LogP contribution in [0.5, 0.6) is 0 Å². The van der Waals surface area contributed by atoms with Gasteiger partial charge < -0.3 is 10.6 Å². The van der Waals surface area contributed by atoms with Crippen LogP contribution in [0, 0.1) is 10.1 Å². The zero-order valence-corrected chi connectivity index (χ0v) is 8.33. The topological polar surface area (TPSA) is 85.3 Å².